The third kappa shape index (κ3) is 13.1. The van der Waals surface area contributed by atoms with Crippen LogP contribution in [0.1, 0.15) is 0 Å². The van der Waals surface area contributed by atoms with Crippen LogP contribution in [0.5, 0.6) is 0 Å². The van der Waals surface area contributed by atoms with Gasteiger partial charge in [0, 0.05) is 65.8 Å². The van der Waals surface area contributed by atoms with Gasteiger partial charge in [-0.25, -0.2) is 0 Å². The van der Waals surface area contributed by atoms with Crippen LogP contribution >= 0.6 is 0 Å². The molecule has 0 aliphatic carbocycles. The second-order valence-electron chi connectivity index (χ2n) is 35.5. The molecule has 0 spiro atoms. The summed E-state index contributed by atoms with van der Waals surface area (Å²) >= 11 is 0. The quantitative estimate of drug-likeness (QED) is 0.115. The number of para-hydroxylation sites is 7. The van der Waals surface area contributed by atoms with Gasteiger partial charge in [0.2, 0.25) is 0 Å². The van der Waals surface area contributed by atoms with Crippen molar-refractivity contribution in [3.05, 3.63) is 522 Å². The first-order valence-electron chi connectivity index (χ1n) is 46.9. The molecule has 4 nitrogen and oxygen atoms in total. The Bertz CT molecular complexity index is 8970. The first-order valence-corrected chi connectivity index (χ1v) is 46.9. The summed E-state index contributed by atoms with van der Waals surface area (Å²) in [7, 11) is 0. The Hall–Kier alpha value is -18.0. The van der Waals surface area contributed by atoms with Crippen molar-refractivity contribution < 1.29 is 0 Å². The van der Waals surface area contributed by atoms with Crippen molar-refractivity contribution in [3.63, 3.8) is 0 Å². The summed E-state index contributed by atoms with van der Waals surface area (Å²) < 4.78 is 9.59. The highest BCUT2D eigenvalue weighted by Crippen LogP contribution is 2.50. The minimum atomic E-state index is 1.14. The maximum Gasteiger partial charge on any atom is 0.0547 e. The summed E-state index contributed by atoms with van der Waals surface area (Å²) in [5.41, 5.74) is 31.9. The van der Waals surface area contributed by atoms with Gasteiger partial charge < -0.3 is 18.3 Å². The normalized spacial score (nSPS) is 11.7. The van der Waals surface area contributed by atoms with Crippen LogP contribution < -0.4 is 0 Å². The fourth-order valence-electron chi connectivity index (χ4n) is 22.2. The first-order chi connectivity index (χ1) is 67.6. The van der Waals surface area contributed by atoms with Crippen molar-refractivity contribution in [2.45, 2.75) is 0 Å². The molecule has 136 heavy (non-hydrogen) atoms. The molecule has 0 unspecified atom stereocenters. The Morgan fingerprint density at radius 3 is 0.507 bits per heavy atom. The zero-order valence-electron chi connectivity index (χ0n) is 74.4. The Labute approximate surface area is 786 Å². The first kappa shape index (κ1) is 79.0. The van der Waals surface area contributed by atoms with Crippen LogP contribution in [0.25, 0.3) is 252 Å². The SMILES string of the molecule is c1ccc(-c2c3ccccc3c(-c3ccc(-n4c5ccccc5c5cc(-c6ccc7c8ccccc8n(-c8ccccc8)c7c6)ccc54)cc3)c3ccccc23)cc1.c1ccc(-c2c3ccccc3c(-c3ccccc3)c3ccccc23)cc1.c1ccc2c(-c3ccc(-n4c5ccccc5c5ccccc54)cc3)c3ccccc3c(-c3ccc(-n4c5ccccc5c5ccccc54)cc3)c2c1. The van der Waals surface area contributed by atoms with Crippen LogP contribution in [0, 0.1) is 0 Å². The molecular weight excluding hydrogens is 1640 g/mol. The van der Waals surface area contributed by atoms with Crippen LogP contribution in [-0.2, 0) is 0 Å². The highest BCUT2D eigenvalue weighted by atomic mass is 15.0. The molecule has 0 amide bonds. The van der Waals surface area contributed by atoms with Gasteiger partial charge in [-0.3, -0.25) is 0 Å². The van der Waals surface area contributed by atoms with E-state index in [0.717, 1.165) is 17.1 Å². The lowest BCUT2D eigenvalue weighted by molar-refractivity contribution is 1.18. The maximum atomic E-state index is 2.42. The molecule has 28 rings (SSSR count). The summed E-state index contributed by atoms with van der Waals surface area (Å²) in [6.07, 6.45) is 0. The number of nitrogens with zero attached hydrogens (tertiary/aromatic N) is 4. The van der Waals surface area contributed by atoms with E-state index >= 15 is 0 Å². The van der Waals surface area contributed by atoms with Crippen molar-refractivity contribution >= 4 is 152 Å². The number of aromatic nitrogens is 4. The largest absolute Gasteiger partial charge is 0.309 e. The fraction of sp³-hybridized carbons (Fsp3) is 0. The van der Waals surface area contributed by atoms with E-state index in [2.05, 4.69) is 540 Å². The third-order valence-electron chi connectivity index (χ3n) is 28.1. The molecule has 28 aromatic rings. The lowest BCUT2D eigenvalue weighted by Crippen LogP contribution is -1.95. The topological polar surface area (TPSA) is 19.7 Å². The summed E-state index contributed by atoms with van der Waals surface area (Å²) in [6.45, 7) is 0. The summed E-state index contributed by atoms with van der Waals surface area (Å²) in [5.74, 6) is 0. The molecule has 0 saturated carbocycles. The van der Waals surface area contributed by atoms with Crippen molar-refractivity contribution in [2.75, 3.05) is 0 Å². The summed E-state index contributed by atoms with van der Waals surface area (Å²) in [5, 5.41) is 25.4. The number of hydrogen-bond acceptors (Lipinski definition) is 0. The molecule has 4 heteroatoms. The van der Waals surface area contributed by atoms with Gasteiger partial charge in [-0.15, -0.1) is 0 Å². The highest BCUT2D eigenvalue weighted by Gasteiger charge is 2.25. The van der Waals surface area contributed by atoms with Crippen molar-refractivity contribution in [2.24, 2.45) is 0 Å². The smallest absolute Gasteiger partial charge is 0.0547 e. The molecule has 0 radical (unpaired) electrons. The monoisotopic (exact) mass is 1730 g/mol. The van der Waals surface area contributed by atoms with E-state index in [1.807, 2.05) is 0 Å². The average molecular weight is 1730 g/mol. The molecule has 0 bridgehead atoms. The van der Waals surface area contributed by atoms with Gasteiger partial charge in [0.1, 0.15) is 0 Å². The third-order valence-corrected chi connectivity index (χ3v) is 28.1. The Morgan fingerprint density at radius 2 is 0.250 bits per heavy atom. The summed E-state index contributed by atoms with van der Waals surface area (Å²) in [6, 6.07) is 190. The molecule has 4 heterocycles. The molecule has 24 aromatic carbocycles. The van der Waals surface area contributed by atoms with Crippen LogP contribution in [0.15, 0.2) is 522 Å². The van der Waals surface area contributed by atoms with E-state index in [0.29, 0.717) is 0 Å². The fourth-order valence-corrected chi connectivity index (χ4v) is 22.2. The van der Waals surface area contributed by atoms with E-state index in [9.17, 15) is 0 Å². The van der Waals surface area contributed by atoms with E-state index in [1.165, 1.54) is 235 Å². The molecule has 0 saturated heterocycles. The lowest BCUT2D eigenvalue weighted by atomic mass is 9.86. The van der Waals surface area contributed by atoms with Crippen molar-refractivity contribution in [3.8, 4) is 101 Å². The molecular formula is C132H86N4. The predicted octanol–water partition coefficient (Wildman–Crippen LogP) is 36.0. The second-order valence-corrected chi connectivity index (χ2v) is 35.5. The van der Waals surface area contributed by atoms with Crippen molar-refractivity contribution in [1.82, 2.24) is 18.3 Å². The zero-order valence-corrected chi connectivity index (χ0v) is 74.4. The number of fused-ring (bicyclic) bond motifs is 18. The summed E-state index contributed by atoms with van der Waals surface area (Å²) in [4.78, 5) is 0. The van der Waals surface area contributed by atoms with Crippen molar-refractivity contribution in [1.29, 1.82) is 0 Å². The Balaban J connectivity index is 0.000000113. The predicted molar refractivity (Wildman–Crippen MR) is 580 cm³/mol. The molecule has 634 valence electrons. The Morgan fingerprint density at radius 1 is 0.0882 bits per heavy atom. The maximum absolute atomic E-state index is 2.42. The minimum absolute atomic E-state index is 1.14. The highest BCUT2D eigenvalue weighted by molar-refractivity contribution is 6.25. The average Bonchev–Trinajstić information content (AvgIpc) is 0.930. The van der Waals surface area contributed by atoms with Gasteiger partial charge in [-0.05, 0) is 246 Å². The molecule has 0 atom stereocenters. The van der Waals surface area contributed by atoms with Gasteiger partial charge in [-0.2, -0.15) is 0 Å². The van der Waals surface area contributed by atoms with Gasteiger partial charge >= 0.3 is 0 Å². The molecule has 4 aromatic heterocycles. The molecule has 0 N–H and O–H groups in total. The van der Waals surface area contributed by atoms with E-state index in [4.69, 9.17) is 0 Å². The van der Waals surface area contributed by atoms with Crippen LogP contribution in [0.2, 0.25) is 0 Å². The number of benzene rings is 24. The molecule has 0 fully saturated rings. The van der Waals surface area contributed by atoms with Gasteiger partial charge in [-0.1, -0.05) is 419 Å². The van der Waals surface area contributed by atoms with Gasteiger partial charge in [0.15, 0.2) is 0 Å². The number of rotatable bonds is 11. The molecule has 0 aliphatic heterocycles. The molecule has 0 aliphatic rings. The zero-order chi connectivity index (χ0) is 89.7. The van der Waals surface area contributed by atoms with E-state index in [1.54, 1.807) is 0 Å². The minimum Gasteiger partial charge on any atom is -0.309 e. The van der Waals surface area contributed by atoms with Crippen LogP contribution in [0.3, 0.4) is 0 Å². The van der Waals surface area contributed by atoms with Gasteiger partial charge in [0.05, 0.1) is 44.1 Å². The van der Waals surface area contributed by atoms with Crippen LogP contribution in [-0.4, -0.2) is 18.3 Å². The van der Waals surface area contributed by atoms with Crippen LogP contribution in [0.4, 0.5) is 0 Å². The standard InChI is InChI=1S/C56H36N2.C50H32N2.C26H18/c1-3-15-37(16-4-1)55-46-21-7-9-23-48(46)56(49-24-10-8-22-47(49)55)38-27-31-42(32-28-38)57-52-26-14-12-20-44(52)50-35-39(30-34-53(50)57)40-29-33-45-43-19-11-13-25-51(43)58(54(45)36-40)41-17-5-2-6-18-41;1-2-18-42-41(17-1)49(33-25-29-35(30-26-33)51-45-21-9-5-13-37(45)38-14-6-10-22-46(38)51)43-19-3-4-20-44(43)50(42)34-27-31-36(32-28-34)52-47-23-11-7-15-39(47)40-16-8-12-24-48(40)52;1-3-11-19(12-4-1)25-21-15-7-9-17-23(21)26(20-13-5-2-6-14-20)24-18-10-8-16-22(24)25/h1-36H;1-32H;1-18H. The van der Waals surface area contributed by atoms with Gasteiger partial charge in [0.25, 0.3) is 0 Å². The lowest BCUT2D eigenvalue weighted by Gasteiger charge is -2.18. The Kier molecular flexibility index (Phi) is 19.3. The number of hydrogen-bond donors (Lipinski definition) is 0. The second kappa shape index (κ2) is 33.1. The van der Waals surface area contributed by atoms with E-state index < -0.39 is 0 Å². The van der Waals surface area contributed by atoms with E-state index in [-0.39, 0.29) is 0 Å².